The maximum absolute atomic E-state index is 13.4. The van der Waals surface area contributed by atoms with E-state index in [1.54, 1.807) is 11.6 Å². The Balaban J connectivity index is 1.20. The molecule has 1 fully saturated rings. The predicted molar refractivity (Wildman–Crippen MR) is 149 cm³/mol. The van der Waals surface area contributed by atoms with Crippen LogP contribution in [-0.4, -0.2) is 51.9 Å². The fourth-order valence-electron chi connectivity index (χ4n) is 5.70. The lowest BCUT2D eigenvalue weighted by atomic mass is 10.0. The van der Waals surface area contributed by atoms with E-state index in [2.05, 4.69) is 25.1 Å². The van der Waals surface area contributed by atoms with Crippen LogP contribution in [0.15, 0.2) is 67.0 Å². The summed E-state index contributed by atoms with van der Waals surface area (Å²) in [6, 6.07) is 17.6. The smallest absolute Gasteiger partial charge is 0.298 e. The number of aryl methyl sites for hydroxylation is 1. The molecule has 1 amide bonds. The molecule has 39 heavy (non-hydrogen) atoms. The van der Waals surface area contributed by atoms with Gasteiger partial charge in [0.05, 0.1) is 18.4 Å². The average Bonchev–Trinajstić information content (AvgIpc) is 3.34. The minimum atomic E-state index is -0.666. The highest BCUT2D eigenvalue weighted by atomic mass is 19.1. The Labute approximate surface area is 226 Å². The largest absolute Gasteiger partial charge is 0.366 e. The normalized spacial score (nSPS) is 16.4. The highest BCUT2D eigenvalue weighted by Crippen LogP contribution is 2.36. The minimum absolute atomic E-state index is 0.212. The SMILES string of the molecule is Cc1cc(-c2ccccc2)c(C(=O)C(=O)Nc2ccc3c(c2)C[C@H]2CN(c4ncc(F)cn4)CCCN32)n1C. The molecular formula is C30H29FN6O2. The number of halogens is 1. The maximum Gasteiger partial charge on any atom is 0.298 e. The molecule has 4 heterocycles. The van der Waals surface area contributed by atoms with Crippen molar-refractivity contribution in [2.75, 3.05) is 34.8 Å². The van der Waals surface area contributed by atoms with Crippen molar-refractivity contribution in [3.05, 3.63) is 89.8 Å². The van der Waals surface area contributed by atoms with E-state index in [1.165, 1.54) is 12.4 Å². The number of hydrogen-bond acceptors (Lipinski definition) is 6. The molecule has 2 aromatic carbocycles. The summed E-state index contributed by atoms with van der Waals surface area (Å²) in [6.07, 6.45) is 4.11. The molecule has 2 aromatic heterocycles. The third kappa shape index (κ3) is 4.65. The molecule has 0 unspecified atom stereocenters. The van der Waals surface area contributed by atoms with E-state index >= 15 is 0 Å². The van der Waals surface area contributed by atoms with Crippen LogP contribution in [0.1, 0.15) is 28.2 Å². The molecule has 1 N–H and O–H groups in total. The van der Waals surface area contributed by atoms with E-state index in [9.17, 15) is 14.0 Å². The lowest BCUT2D eigenvalue weighted by molar-refractivity contribution is -0.112. The number of fused-ring (bicyclic) bond motifs is 3. The molecule has 0 radical (unpaired) electrons. The summed E-state index contributed by atoms with van der Waals surface area (Å²) in [7, 11) is 1.80. The quantitative estimate of drug-likeness (QED) is 0.308. The van der Waals surface area contributed by atoms with Crippen molar-refractivity contribution < 1.29 is 14.0 Å². The van der Waals surface area contributed by atoms with Gasteiger partial charge in [0.25, 0.3) is 11.7 Å². The van der Waals surface area contributed by atoms with E-state index in [0.29, 0.717) is 17.3 Å². The van der Waals surface area contributed by atoms with Crippen LogP contribution in [-0.2, 0) is 18.3 Å². The van der Waals surface area contributed by atoms with Crippen molar-refractivity contribution in [3.63, 3.8) is 0 Å². The lowest BCUT2D eigenvalue weighted by Crippen LogP contribution is -2.39. The van der Waals surface area contributed by atoms with Crippen LogP contribution in [0, 0.1) is 12.7 Å². The van der Waals surface area contributed by atoms with Crippen molar-refractivity contribution in [3.8, 4) is 11.1 Å². The summed E-state index contributed by atoms with van der Waals surface area (Å²) in [6.45, 7) is 4.32. The zero-order chi connectivity index (χ0) is 27.1. The van der Waals surface area contributed by atoms with E-state index in [0.717, 1.165) is 60.5 Å². The maximum atomic E-state index is 13.4. The number of nitrogens with one attached hydrogen (secondary N) is 1. The van der Waals surface area contributed by atoms with E-state index < -0.39 is 17.5 Å². The number of carbonyl (C=O) groups excluding carboxylic acids is 2. The van der Waals surface area contributed by atoms with Gasteiger partial charge in [-0.3, -0.25) is 9.59 Å². The number of carbonyl (C=O) groups is 2. The van der Waals surface area contributed by atoms with Crippen molar-refractivity contribution in [2.24, 2.45) is 7.05 Å². The molecule has 2 aliphatic heterocycles. The molecular weight excluding hydrogens is 495 g/mol. The van der Waals surface area contributed by atoms with Gasteiger partial charge in [0, 0.05) is 49.3 Å². The second-order valence-electron chi connectivity index (χ2n) is 10.2. The number of ketones is 1. The van der Waals surface area contributed by atoms with Crippen LogP contribution in [0.2, 0.25) is 0 Å². The van der Waals surface area contributed by atoms with Crippen LogP contribution in [0.3, 0.4) is 0 Å². The van der Waals surface area contributed by atoms with Gasteiger partial charge in [-0.2, -0.15) is 0 Å². The van der Waals surface area contributed by atoms with Gasteiger partial charge in [0.15, 0.2) is 5.82 Å². The summed E-state index contributed by atoms with van der Waals surface area (Å²) in [5.41, 5.74) is 5.75. The molecule has 0 bridgehead atoms. The van der Waals surface area contributed by atoms with Gasteiger partial charge in [-0.15, -0.1) is 0 Å². The van der Waals surface area contributed by atoms with Gasteiger partial charge < -0.3 is 19.7 Å². The molecule has 2 aliphatic rings. The molecule has 6 rings (SSSR count). The molecule has 4 aromatic rings. The van der Waals surface area contributed by atoms with E-state index in [4.69, 9.17) is 0 Å². The van der Waals surface area contributed by atoms with Crippen LogP contribution < -0.4 is 15.1 Å². The minimum Gasteiger partial charge on any atom is -0.366 e. The highest BCUT2D eigenvalue weighted by molar-refractivity contribution is 6.47. The fraction of sp³-hybridized carbons (Fsp3) is 0.267. The molecule has 9 heteroatoms. The fourth-order valence-corrected chi connectivity index (χ4v) is 5.70. The second-order valence-corrected chi connectivity index (χ2v) is 10.2. The number of amides is 1. The van der Waals surface area contributed by atoms with Crippen molar-refractivity contribution in [2.45, 2.75) is 25.8 Å². The first-order chi connectivity index (χ1) is 18.9. The number of nitrogens with zero attached hydrogens (tertiary/aromatic N) is 5. The van der Waals surface area contributed by atoms with Crippen LogP contribution >= 0.6 is 0 Å². The molecule has 1 atom stereocenters. The summed E-state index contributed by atoms with van der Waals surface area (Å²) in [5, 5.41) is 2.83. The molecule has 0 spiro atoms. The Bertz CT molecular complexity index is 1550. The zero-order valence-electron chi connectivity index (χ0n) is 21.9. The topological polar surface area (TPSA) is 83.4 Å². The highest BCUT2D eigenvalue weighted by Gasteiger charge is 2.34. The van der Waals surface area contributed by atoms with Crippen LogP contribution in [0.25, 0.3) is 11.1 Å². The Hall–Kier alpha value is -4.53. The lowest BCUT2D eigenvalue weighted by Gasteiger charge is -2.27. The van der Waals surface area contributed by atoms with Gasteiger partial charge in [0.1, 0.15) is 5.69 Å². The van der Waals surface area contributed by atoms with Gasteiger partial charge in [-0.25, -0.2) is 14.4 Å². The summed E-state index contributed by atoms with van der Waals surface area (Å²) >= 11 is 0. The number of Topliss-reactive ketones (excluding diaryl/α,β-unsaturated/α-hetero) is 1. The first-order valence-corrected chi connectivity index (χ1v) is 13.1. The van der Waals surface area contributed by atoms with Crippen molar-refractivity contribution in [1.82, 2.24) is 14.5 Å². The summed E-state index contributed by atoms with van der Waals surface area (Å²) in [4.78, 5) is 39.3. The van der Waals surface area contributed by atoms with E-state index in [1.807, 2.05) is 61.5 Å². The Morgan fingerprint density at radius 2 is 1.79 bits per heavy atom. The first-order valence-electron chi connectivity index (χ1n) is 13.1. The van der Waals surface area contributed by atoms with Gasteiger partial charge >= 0.3 is 0 Å². The van der Waals surface area contributed by atoms with Gasteiger partial charge in [-0.1, -0.05) is 30.3 Å². The zero-order valence-corrected chi connectivity index (χ0v) is 21.9. The van der Waals surface area contributed by atoms with Gasteiger partial charge in [-0.05, 0) is 55.2 Å². The summed E-state index contributed by atoms with van der Waals surface area (Å²) in [5.74, 6) is -1.16. The number of anilines is 3. The Morgan fingerprint density at radius 1 is 1.03 bits per heavy atom. The molecule has 0 saturated carbocycles. The first kappa shape index (κ1) is 24.8. The van der Waals surface area contributed by atoms with Crippen molar-refractivity contribution in [1.29, 1.82) is 0 Å². The van der Waals surface area contributed by atoms with Crippen LogP contribution in [0.4, 0.5) is 21.7 Å². The number of aromatic nitrogens is 3. The Morgan fingerprint density at radius 3 is 2.56 bits per heavy atom. The molecule has 0 aliphatic carbocycles. The second kappa shape index (κ2) is 9.98. The van der Waals surface area contributed by atoms with Crippen LogP contribution in [0.5, 0.6) is 0 Å². The molecule has 198 valence electrons. The molecule has 8 nitrogen and oxygen atoms in total. The predicted octanol–water partition coefficient (Wildman–Crippen LogP) is 4.39. The number of hydrogen-bond donors (Lipinski definition) is 1. The van der Waals surface area contributed by atoms with Gasteiger partial charge in [0.2, 0.25) is 5.95 Å². The van der Waals surface area contributed by atoms with E-state index in [-0.39, 0.29) is 6.04 Å². The molecule has 1 saturated heterocycles. The number of benzene rings is 2. The monoisotopic (exact) mass is 524 g/mol. The average molecular weight is 525 g/mol. The third-order valence-corrected chi connectivity index (χ3v) is 7.67. The Kier molecular flexibility index (Phi) is 6.34. The third-order valence-electron chi connectivity index (χ3n) is 7.67. The van der Waals surface area contributed by atoms with Crippen molar-refractivity contribution >= 4 is 29.0 Å². The summed E-state index contributed by atoms with van der Waals surface area (Å²) < 4.78 is 15.1. The standard InChI is InChI=1S/C30H29FN6O2/c1-19-13-25(20-7-4-3-5-8-20)27(35(19)2)28(38)29(39)34-23-9-10-26-21(14-23)15-24-18-36(11-6-12-37(24)26)30-32-16-22(31)17-33-30/h3-5,7-10,13-14,16-17,24H,6,11-12,15,18H2,1-2H3,(H,34,39)/t24-/m0/s1. The number of rotatable bonds is 5.